The molecule has 1 aromatic heterocycles. The van der Waals surface area contributed by atoms with Crippen LogP contribution in [0.4, 0.5) is 0 Å². The van der Waals surface area contributed by atoms with E-state index < -0.39 is 5.41 Å². The Morgan fingerprint density at radius 1 is 1.17 bits per heavy atom. The minimum atomic E-state index is -0.592. The Hall–Kier alpha value is -2.33. The first-order valence-electron chi connectivity index (χ1n) is 7.31. The van der Waals surface area contributed by atoms with Crippen LogP contribution in [0.2, 0.25) is 5.02 Å². The van der Waals surface area contributed by atoms with Gasteiger partial charge in [0, 0.05) is 5.02 Å². The molecule has 2 aromatic carbocycles. The van der Waals surface area contributed by atoms with Crippen LogP contribution in [0.15, 0.2) is 42.5 Å². The molecule has 0 radical (unpaired) electrons. The van der Waals surface area contributed by atoms with Crippen molar-refractivity contribution in [1.82, 2.24) is 9.97 Å². The number of nitrogens with zero attached hydrogens (tertiary/aromatic N) is 1. The normalized spacial score (nSPS) is 11.7. The second kappa shape index (κ2) is 5.70. The van der Waals surface area contributed by atoms with Crippen LogP contribution in [0.3, 0.4) is 0 Å². The van der Waals surface area contributed by atoms with Crippen LogP contribution in [0.25, 0.3) is 22.4 Å². The van der Waals surface area contributed by atoms with Gasteiger partial charge in [-0.1, -0.05) is 23.7 Å². The van der Waals surface area contributed by atoms with E-state index in [0.29, 0.717) is 22.2 Å². The number of hydrogen-bond acceptors (Lipinski definition) is 3. The van der Waals surface area contributed by atoms with Crippen molar-refractivity contribution >= 4 is 28.6 Å². The number of imidazole rings is 1. The number of ether oxygens (including phenoxy) is 1. The van der Waals surface area contributed by atoms with Crippen molar-refractivity contribution in [3.63, 3.8) is 0 Å². The molecule has 0 atom stereocenters. The Labute approximate surface area is 139 Å². The quantitative estimate of drug-likeness (QED) is 0.541. The van der Waals surface area contributed by atoms with E-state index in [2.05, 4.69) is 9.97 Å². The second-order valence-corrected chi connectivity index (χ2v) is 6.82. The van der Waals surface area contributed by atoms with E-state index in [1.54, 1.807) is 18.2 Å². The number of aromatic nitrogens is 2. The van der Waals surface area contributed by atoms with Gasteiger partial charge in [0.15, 0.2) is 0 Å². The van der Waals surface area contributed by atoms with E-state index in [1.165, 1.54) is 0 Å². The molecule has 0 unspecified atom stereocenters. The number of para-hydroxylation sites is 2. The Balaban J connectivity index is 2.07. The average molecular weight is 329 g/mol. The molecule has 5 heteroatoms. The standard InChI is InChI=1S/C18H17ClN2O2/c1-18(2,3)17(22)23-15-9-8-11(19)10-12(15)16-20-13-6-4-5-7-14(13)21-16/h4-10H,1-3H3,(H,20,21). The van der Waals surface area contributed by atoms with E-state index in [4.69, 9.17) is 16.3 Å². The molecule has 0 saturated heterocycles. The Bertz CT molecular complexity index is 845. The second-order valence-electron chi connectivity index (χ2n) is 6.38. The molecule has 1 N–H and O–H groups in total. The van der Waals surface area contributed by atoms with Gasteiger partial charge >= 0.3 is 5.97 Å². The molecule has 118 valence electrons. The molecule has 3 aromatic rings. The van der Waals surface area contributed by atoms with Crippen molar-refractivity contribution in [2.45, 2.75) is 20.8 Å². The highest BCUT2D eigenvalue weighted by Gasteiger charge is 2.25. The third kappa shape index (κ3) is 3.22. The Kier molecular flexibility index (Phi) is 3.86. The number of carbonyl (C=O) groups excluding carboxylic acids is 1. The molecular formula is C18H17ClN2O2. The van der Waals surface area contributed by atoms with E-state index >= 15 is 0 Å². The van der Waals surface area contributed by atoms with Gasteiger partial charge in [-0.3, -0.25) is 4.79 Å². The number of halogens is 1. The number of carbonyl (C=O) groups is 1. The molecule has 0 aliphatic rings. The minimum Gasteiger partial charge on any atom is -0.425 e. The van der Waals surface area contributed by atoms with E-state index in [0.717, 1.165) is 11.0 Å². The molecule has 4 nitrogen and oxygen atoms in total. The fourth-order valence-electron chi connectivity index (χ4n) is 2.11. The highest BCUT2D eigenvalue weighted by atomic mass is 35.5. The van der Waals surface area contributed by atoms with Gasteiger partial charge in [-0.05, 0) is 51.1 Å². The maximum Gasteiger partial charge on any atom is 0.316 e. The van der Waals surface area contributed by atoms with Crippen molar-refractivity contribution in [3.05, 3.63) is 47.5 Å². The molecule has 3 rings (SSSR count). The summed E-state index contributed by atoms with van der Waals surface area (Å²) < 4.78 is 5.56. The van der Waals surface area contributed by atoms with Crippen molar-refractivity contribution in [1.29, 1.82) is 0 Å². The van der Waals surface area contributed by atoms with Gasteiger partial charge in [0.05, 0.1) is 22.0 Å². The largest absolute Gasteiger partial charge is 0.425 e. The number of esters is 1. The molecule has 0 aliphatic carbocycles. The highest BCUT2D eigenvalue weighted by molar-refractivity contribution is 6.31. The number of fused-ring (bicyclic) bond motifs is 1. The minimum absolute atomic E-state index is 0.308. The predicted octanol–water partition coefficient (Wildman–Crippen LogP) is 4.83. The van der Waals surface area contributed by atoms with Gasteiger partial charge in [-0.25, -0.2) is 4.98 Å². The summed E-state index contributed by atoms with van der Waals surface area (Å²) in [6.45, 7) is 5.43. The molecule has 0 bridgehead atoms. The van der Waals surface area contributed by atoms with E-state index in [-0.39, 0.29) is 5.97 Å². The fourth-order valence-corrected chi connectivity index (χ4v) is 2.28. The van der Waals surface area contributed by atoms with Crippen LogP contribution < -0.4 is 4.74 Å². The van der Waals surface area contributed by atoms with Gasteiger partial charge in [0.25, 0.3) is 0 Å². The molecule has 23 heavy (non-hydrogen) atoms. The number of hydrogen-bond donors (Lipinski definition) is 1. The van der Waals surface area contributed by atoms with Crippen molar-refractivity contribution in [3.8, 4) is 17.1 Å². The molecule has 0 spiro atoms. The van der Waals surface area contributed by atoms with Crippen LogP contribution in [0.1, 0.15) is 20.8 Å². The molecule has 0 saturated carbocycles. The van der Waals surface area contributed by atoms with Crippen LogP contribution in [0.5, 0.6) is 5.75 Å². The third-order valence-corrected chi connectivity index (χ3v) is 3.64. The first kappa shape index (κ1) is 15.6. The smallest absolute Gasteiger partial charge is 0.316 e. The lowest BCUT2D eigenvalue weighted by atomic mass is 9.97. The maximum atomic E-state index is 12.2. The average Bonchev–Trinajstić information content (AvgIpc) is 2.91. The first-order valence-corrected chi connectivity index (χ1v) is 7.69. The lowest BCUT2D eigenvalue weighted by Gasteiger charge is -2.17. The fraction of sp³-hybridized carbons (Fsp3) is 0.222. The first-order chi connectivity index (χ1) is 10.8. The summed E-state index contributed by atoms with van der Waals surface area (Å²) >= 11 is 6.11. The van der Waals surface area contributed by atoms with Gasteiger partial charge in [0.2, 0.25) is 0 Å². The van der Waals surface area contributed by atoms with E-state index in [9.17, 15) is 4.79 Å². The summed E-state index contributed by atoms with van der Waals surface area (Å²) in [6, 6.07) is 12.8. The molecule has 0 amide bonds. The lowest BCUT2D eigenvalue weighted by molar-refractivity contribution is -0.142. The van der Waals surface area contributed by atoms with Gasteiger partial charge in [-0.2, -0.15) is 0 Å². The number of nitrogens with one attached hydrogen (secondary N) is 1. The summed E-state index contributed by atoms with van der Waals surface area (Å²) in [6.07, 6.45) is 0. The number of H-pyrrole nitrogens is 1. The Morgan fingerprint density at radius 2 is 1.91 bits per heavy atom. The van der Waals surface area contributed by atoms with Crippen molar-refractivity contribution < 1.29 is 9.53 Å². The SMILES string of the molecule is CC(C)(C)C(=O)Oc1ccc(Cl)cc1-c1nc2ccccc2[nH]1. The summed E-state index contributed by atoms with van der Waals surface area (Å²) in [4.78, 5) is 20.0. The van der Waals surface area contributed by atoms with Crippen LogP contribution >= 0.6 is 11.6 Å². The summed E-state index contributed by atoms with van der Waals surface area (Å²) in [5, 5.41) is 0.552. The molecule has 0 fully saturated rings. The Morgan fingerprint density at radius 3 is 2.61 bits per heavy atom. The van der Waals surface area contributed by atoms with Crippen LogP contribution in [-0.4, -0.2) is 15.9 Å². The van der Waals surface area contributed by atoms with Crippen LogP contribution in [-0.2, 0) is 4.79 Å². The number of rotatable bonds is 2. The lowest BCUT2D eigenvalue weighted by Crippen LogP contribution is -2.25. The van der Waals surface area contributed by atoms with Crippen molar-refractivity contribution in [2.75, 3.05) is 0 Å². The maximum absolute atomic E-state index is 12.2. The zero-order valence-corrected chi connectivity index (χ0v) is 13.9. The van der Waals surface area contributed by atoms with Crippen LogP contribution in [0, 0.1) is 5.41 Å². The number of aromatic amines is 1. The van der Waals surface area contributed by atoms with Gasteiger partial charge in [0.1, 0.15) is 11.6 Å². The third-order valence-electron chi connectivity index (χ3n) is 3.40. The van der Waals surface area contributed by atoms with Crippen molar-refractivity contribution in [2.24, 2.45) is 5.41 Å². The topological polar surface area (TPSA) is 55.0 Å². The molecular weight excluding hydrogens is 312 g/mol. The summed E-state index contributed by atoms with van der Waals surface area (Å²) in [5.74, 6) is 0.746. The van der Waals surface area contributed by atoms with E-state index in [1.807, 2.05) is 45.0 Å². The summed E-state index contributed by atoms with van der Waals surface area (Å²) in [7, 11) is 0. The summed E-state index contributed by atoms with van der Waals surface area (Å²) in [5.41, 5.74) is 1.82. The highest BCUT2D eigenvalue weighted by Crippen LogP contribution is 2.33. The van der Waals surface area contributed by atoms with Gasteiger partial charge < -0.3 is 9.72 Å². The number of benzene rings is 2. The monoisotopic (exact) mass is 328 g/mol. The molecule has 1 heterocycles. The predicted molar refractivity (Wildman–Crippen MR) is 91.6 cm³/mol. The zero-order chi connectivity index (χ0) is 16.6. The zero-order valence-electron chi connectivity index (χ0n) is 13.2. The van der Waals surface area contributed by atoms with Gasteiger partial charge in [-0.15, -0.1) is 0 Å². The molecule has 0 aliphatic heterocycles.